The molecule has 0 fully saturated rings. The Hall–Kier alpha value is -3.86. The van der Waals surface area contributed by atoms with Crippen LogP contribution in [0.5, 0.6) is 0 Å². The smallest absolute Gasteiger partial charge is 0.256 e. The van der Waals surface area contributed by atoms with Gasteiger partial charge in [-0.05, 0) is 42.7 Å². The second-order valence-corrected chi connectivity index (χ2v) is 8.13. The summed E-state index contributed by atoms with van der Waals surface area (Å²) in [6.45, 7) is 4.63. The summed E-state index contributed by atoms with van der Waals surface area (Å²) in [6.07, 6.45) is 1.89. The van der Waals surface area contributed by atoms with Gasteiger partial charge in [0.2, 0.25) is 5.91 Å². The number of nitrogens with one attached hydrogen (secondary N) is 1. The van der Waals surface area contributed by atoms with E-state index in [4.69, 9.17) is 0 Å². The molecule has 0 aliphatic heterocycles. The zero-order valence-corrected chi connectivity index (χ0v) is 18.6. The molecule has 0 saturated heterocycles. The van der Waals surface area contributed by atoms with Gasteiger partial charge in [0.1, 0.15) is 0 Å². The van der Waals surface area contributed by atoms with E-state index in [0.717, 1.165) is 33.3 Å². The topological polar surface area (TPSA) is 54.3 Å². The van der Waals surface area contributed by atoms with Crippen LogP contribution in [0.15, 0.2) is 79.0 Å². The molecule has 0 spiro atoms. The van der Waals surface area contributed by atoms with Gasteiger partial charge in [-0.25, -0.2) is 0 Å². The number of hydrogen-bond donors (Lipinski definition) is 1. The van der Waals surface area contributed by atoms with Crippen molar-refractivity contribution in [2.45, 2.75) is 20.4 Å². The quantitative estimate of drug-likeness (QED) is 0.472. The van der Waals surface area contributed by atoms with Crippen LogP contribution in [0.1, 0.15) is 27.0 Å². The Morgan fingerprint density at radius 3 is 2.41 bits per heavy atom. The van der Waals surface area contributed by atoms with Crippen LogP contribution in [-0.4, -0.2) is 34.9 Å². The molecule has 1 heterocycles. The number of para-hydroxylation sites is 1. The van der Waals surface area contributed by atoms with E-state index in [1.54, 1.807) is 7.05 Å². The minimum Gasteiger partial charge on any atom is -0.342 e. The molecule has 162 valence electrons. The molecule has 0 unspecified atom stereocenters. The summed E-state index contributed by atoms with van der Waals surface area (Å²) in [5, 5.41) is 3.81. The van der Waals surface area contributed by atoms with Gasteiger partial charge in [0, 0.05) is 36.4 Å². The highest BCUT2D eigenvalue weighted by atomic mass is 16.2. The summed E-state index contributed by atoms with van der Waals surface area (Å²) in [6, 6.07) is 23.8. The molecule has 5 heteroatoms. The lowest BCUT2D eigenvalue weighted by atomic mass is 10.1. The predicted octanol–water partition coefficient (Wildman–Crippen LogP) is 5.02. The number of likely N-dealkylation sites (N-methyl/N-ethyl adjacent to an activating group) is 1. The van der Waals surface area contributed by atoms with E-state index in [-0.39, 0.29) is 18.4 Å². The van der Waals surface area contributed by atoms with E-state index in [0.29, 0.717) is 12.1 Å². The molecule has 0 atom stereocenters. The number of nitrogens with zero attached hydrogens (tertiary/aromatic N) is 2. The van der Waals surface area contributed by atoms with Crippen LogP contribution in [0.2, 0.25) is 0 Å². The Morgan fingerprint density at radius 1 is 0.906 bits per heavy atom. The van der Waals surface area contributed by atoms with Gasteiger partial charge in [0.25, 0.3) is 5.91 Å². The van der Waals surface area contributed by atoms with Gasteiger partial charge >= 0.3 is 0 Å². The Morgan fingerprint density at radius 2 is 1.62 bits per heavy atom. The number of hydrogen-bond acceptors (Lipinski definition) is 2. The average Bonchev–Trinajstić information content (AvgIpc) is 3.15. The van der Waals surface area contributed by atoms with E-state index in [1.165, 1.54) is 4.90 Å². The van der Waals surface area contributed by atoms with Crippen LogP contribution in [0, 0.1) is 13.8 Å². The van der Waals surface area contributed by atoms with Crippen LogP contribution in [0.4, 0.5) is 5.69 Å². The van der Waals surface area contributed by atoms with E-state index < -0.39 is 0 Å². The van der Waals surface area contributed by atoms with Gasteiger partial charge < -0.3 is 14.8 Å². The van der Waals surface area contributed by atoms with E-state index in [9.17, 15) is 9.59 Å². The molecule has 4 rings (SSSR count). The number of amides is 2. The summed E-state index contributed by atoms with van der Waals surface area (Å²) in [7, 11) is 1.66. The number of carbonyl (C=O) groups excluding carboxylic acids is 2. The van der Waals surface area contributed by atoms with Crippen molar-refractivity contribution in [2.75, 3.05) is 18.9 Å². The molecule has 5 nitrogen and oxygen atoms in total. The fourth-order valence-electron chi connectivity index (χ4n) is 3.90. The SMILES string of the molecule is Cc1cccc(NC(=O)CN(C)C(=O)c2cn(Cc3ccccc3)c3ccccc23)c1C. The van der Waals surface area contributed by atoms with Crippen LogP contribution in [0.3, 0.4) is 0 Å². The third-order valence-corrected chi connectivity index (χ3v) is 5.82. The molecule has 32 heavy (non-hydrogen) atoms. The summed E-state index contributed by atoms with van der Waals surface area (Å²) in [4.78, 5) is 27.4. The molecule has 0 aliphatic carbocycles. The maximum Gasteiger partial charge on any atom is 0.256 e. The minimum absolute atomic E-state index is 0.0234. The van der Waals surface area contributed by atoms with Gasteiger partial charge in [-0.2, -0.15) is 0 Å². The lowest BCUT2D eigenvalue weighted by Crippen LogP contribution is -2.35. The highest BCUT2D eigenvalue weighted by Gasteiger charge is 2.20. The molecule has 4 aromatic rings. The molecule has 3 aromatic carbocycles. The Kier molecular flexibility index (Phi) is 6.08. The van der Waals surface area contributed by atoms with Gasteiger partial charge in [0.15, 0.2) is 0 Å². The maximum atomic E-state index is 13.3. The first kappa shape index (κ1) is 21.4. The van der Waals surface area contributed by atoms with Gasteiger partial charge in [0.05, 0.1) is 12.1 Å². The van der Waals surface area contributed by atoms with Crippen molar-refractivity contribution in [3.63, 3.8) is 0 Å². The fraction of sp³-hybridized carbons (Fsp3) is 0.185. The molecule has 2 amide bonds. The fourth-order valence-corrected chi connectivity index (χ4v) is 3.90. The first-order valence-electron chi connectivity index (χ1n) is 10.7. The number of anilines is 1. The summed E-state index contributed by atoms with van der Waals surface area (Å²) < 4.78 is 2.09. The predicted molar refractivity (Wildman–Crippen MR) is 129 cm³/mol. The second-order valence-electron chi connectivity index (χ2n) is 8.13. The molecule has 1 N–H and O–H groups in total. The summed E-state index contributed by atoms with van der Waals surface area (Å²) >= 11 is 0. The van der Waals surface area contributed by atoms with Crippen LogP contribution in [0.25, 0.3) is 10.9 Å². The minimum atomic E-state index is -0.220. The molecule has 0 saturated carbocycles. The summed E-state index contributed by atoms with van der Waals surface area (Å²) in [5.41, 5.74) is 5.66. The number of benzene rings is 3. The monoisotopic (exact) mass is 425 g/mol. The van der Waals surface area contributed by atoms with E-state index in [1.807, 2.05) is 80.7 Å². The molecule has 0 aliphatic rings. The van der Waals surface area contributed by atoms with Crippen molar-refractivity contribution in [1.29, 1.82) is 0 Å². The second kappa shape index (κ2) is 9.10. The lowest BCUT2D eigenvalue weighted by Gasteiger charge is -2.17. The van der Waals surface area contributed by atoms with Crippen molar-refractivity contribution < 1.29 is 9.59 Å². The highest BCUT2D eigenvalue weighted by molar-refractivity contribution is 6.08. The van der Waals surface area contributed by atoms with E-state index >= 15 is 0 Å². The number of aromatic nitrogens is 1. The first-order chi connectivity index (χ1) is 15.4. The standard InChI is InChI=1S/C27H27N3O2/c1-19-10-9-14-24(20(19)2)28-26(31)18-29(3)27(32)23-17-30(16-21-11-5-4-6-12-21)25-15-8-7-13-22(23)25/h4-15,17H,16,18H2,1-3H3,(H,28,31). The molecular weight excluding hydrogens is 398 g/mol. The van der Waals surface area contributed by atoms with Crippen LogP contribution >= 0.6 is 0 Å². The molecule has 1 aromatic heterocycles. The zero-order valence-electron chi connectivity index (χ0n) is 18.6. The van der Waals surface area contributed by atoms with Gasteiger partial charge in [-0.3, -0.25) is 9.59 Å². The summed E-state index contributed by atoms with van der Waals surface area (Å²) in [5.74, 6) is -0.397. The normalized spacial score (nSPS) is 10.8. The molecule has 0 radical (unpaired) electrons. The van der Waals surface area contributed by atoms with Crippen molar-refractivity contribution in [1.82, 2.24) is 9.47 Å². The van der Waals surface area contributed by atoms with Crippen molar-refractivity contribution in [3.05, 3.63) is 101 Å². The first-order valence-corrected chi connectivity index (χ1v) is 10.7. The van der Waals surface area contributed by atoms with E-state index in [2.05, 4.69) is 22.0 Å². The van der Waals surface area contributed by atoms with Crippen molar-refractivity contribution in [2.24, 2.45) is 0 Å². The molecule has 0 bridgehead atoms. The molecular formula is C27H27N3O2. The van der Waals surface area contributed by atoms with Gasteiger partial charge in [-0.1, -0.05) is 60.7 Å². The third kappa shape index (κ3) is 4.42. The van der Waals surface area contributed by atoms with Crippen molar-refractivity contribution in [3.8, 4) is 0 Å². The lowest BCUT2D eigenvalue weighted by molar-refractivity contribution is -0.116. The number of carbonyl (C=O) groups is 2. The largest absolute Gasteiger partial charge is 0.342 e. The van der Waals surface area contributed by atoms with Gasteiger partial charge in [-0.15, -0.1) is 0 Å². The number of fused-ring (bicyclic) bond motifs is 1. The number of rotatable bonds is 6. The van der Waals surface area contributed by atoms with Crippen molar-refractivity contribution >= 4 is 28.4 Å². The zero-order chi connectivity index (χ0) is 22.7. The number of aryl methyl sites for hydroxylation is 1. The van der Waals surface area contributed by atoms with Crippen LogP contribution in [-0.2, 0) is 11.3 Å². The Bertz CT molecular complexity index is 1270. The average molecular weight is 426 g/mol. The van der Waals surface area contributed by atoms with Crippen LogP contribution < -0.4 is 5.32 Å². The maximum absolute atomic E-state index is 13.3. The third-order valence-electron chi connectivity index (χ3n) is 5.82. The Balaban J connectivity index is 1.54. The highest BCUT2D eigenvalue weighted by Crippen LogP contribution is 2.24. The Labute approximate surface area is 188 Å².